The van der Waals surface area contributed by atoms with Gasteiger partial charge in [0.1, 0.15) is 5.82 Å². The van der Waals surface area contributed by atoms with Gasteiger partial charge in [-0.05, 0) is 18.9 Å². The molecule has 2 heteroatoms. The Morgan fingerprint density at radius 2 is 1.71 bits per heavy atom. The number of hydrogen-bond donors (Lipinski definition) is 0. The number of nitrogens with zero attached hydrogens (tertiary/aromatic N) is 2. The Kier molecular flexibility index (Phi) is 4.05. The molecule has 110 valence electrons. The predicted octanol–water partition coefficient (Wildman–Crippen LogP) is 4.93. The van der Waals surface area contributed by atoms with Crippen LogP contribution in [0.25, 0.3) is 11.3 Å². The molecule has 0 aliphatic heterocycles. The highest BCUT2D eigenvalue weighted by Gasteiger charge is 2.31. The van der Waals surface area contributed by atoms with E-state index in [1.807, 2.05) is 0 Å². The lowest BCUT2D eigenvalue weighted by atomic mass is 9.73. The Labute approximate surface area is 127 Å². The molecule has 1 fully saturated rings. The number of hydrogen-bond acceptors (Lipinski definition) is 2. The topological polar surface area (TPSA) is 25.8 Å². The fourth-order valence-electron chi connectivity index (χ4n) is 3.31. The quantitative estimate of drug-likeness (QED) is 0.797. The summed E-state index contributed by atoms with van der Waals surface area (Å²) in [5, 5.41) is 0. The number of aryl methyl sites for hydroxylation is 1. The Hall–Kier alpha value is -1.70. The molecule has 21 heavy (non-hydrogen) atoms. The molecule has 0 amide bonds. The standard InChI is InChI=1S/C19H24N2/c1-3-18-20-16(15-10-6-4-7-11-15)14-17(21-18)19(2)12-8-5-9-13-19/h4,6-7,10-11,14H,3,5,8-9,12-13H2,1-2H3. The molecule has 1 aliphatic carbocycles. The molecule has 0 bridgehead atoms. The van der Waals surface area contributed by atoms with Crippen LogP contribution >= 0.6 is 0 Å². The average Bonchev–Trinajstić information content (AvgIpc) is 2.56. The van der Waals surface area contributed by atoms with Gasteiger partial charge in [-0.3, -0.25) is 0 Å². The van der Waals surface area contributed by atoms with E-state index in [1.54, 1.807) is 0 Å². The van der Waals surface area contributed by atoms with Crippen molar-refractivity contribution >= 4 is 0 Å². The van der Waals surface area contributed by atoms with Crippen LogP contribution < -0.4 is 0 Å². The molecule has 0 N–H and O–H groups in total. The highest BCUT2D eigenvalue weighted by molar-refractivity contribution is 5.59. The molecule has 1 aromatic carbocycles. The minimum Gasteiger partial charge on any atom is -0.237 e. The Morgan fingerprint density at radius 3 is 2.38 bits per heavy atom. The van der Waals surface area contributed by atoms with Crippen molar-refractivity contribution in [2.45, 2.75) is 57.8 Å². The van der Waals surface area contributed by atoms with Gasteiger partial charge in [-0.1, -0.05) is 63.4 Å². The zero-order chi connectivity index (χ0) is 14.7. The Morgan fingerprint density at radius 1 is 1.00 bits per heavy atom. The van der Waals surface area contributed by atoms with E-state index in [1.165, 1.54) is 43.4 Å². The summed E-state index contributed by atoms with van der Waals surface area (Å²) in [6.07, 6.45) is 7.41. The molecular formula is C19H24N2. The first kappa shape index (κ1) is 14.2. The summed E-state index contributed by atoms with van der Waals surface area (Å²) in [6, 6.07) is 12.7. The Bertz CT molecular complexity index is 598. The van der Waals surface area contributed by atoms with Gasteiger partial charge in [-0.2, -0.15) is 0 Å². The second-order valence-electron chi connectivity index (χ2n) is 6.40. The van der Waals surface area contributed by atoms with Gasteiger partial charge in [0, 0.05) is 17.4 Å². The summed E-state index contributed by atoms with van der Waals surface area (Å²) >= 11 is 0. The van der Waals surface area contributed by atoms with Gasteiger partial charge in [0.15, 0.2) is 0 Å². The lowest BCUT2D eigenvalue weighted by Crippen LogP contribution is -2.27. The first-order valence-corrected chi connectivity index (χ1v) is 8.15. The third-order valence-corrected chi connectivity index (χ3v) is 4.73. The van der Waals surface area contributed by atoms with E-state index in [-0.39, 0.29) is 5.41 Å². The first-order chi connectivity index (χ1) is 10.2. The van der Waals surface area contributed by atoms with E-state index in [9.17, 15) is 0 Å². The number of aromatic nitrogens is 2. The van der Waals surface area contributed by atoms with Crippen molar-refractivity contribution in [3.63, 3.8) is 0 Å². The maximum Gasteiger partial charge on any atom is 0.129 e. The van der Waals surface area contributed by atoms with Crippen LogP contribution in [0.15, 0.2) is 36.4 Å². The van der Waals surface area contributed by atoms with E-state index >= 15 is 0 Å². The molecule has 1 saturated carbocycles. The highest BCUT2D eigenvalue weighted by Crippen LogP contribution is 2.38. The van der Waals surface area contributed by atoms with E-state index in [2.05, 4.69) is 50.2 Å². The first-order valence-electron chi connectivity index (χ1n) is 8.15. The number of rotatable bonds is 3. The van der Waals surface area contributed by atoms with Crippen molar-refractivity contribution < 1.29 is 0 Å². The molecule has 0 radical (unpaired) electrons. The molecule has 1 heterocycles. The fraction of sp³-hybridized carbons (Fsp3) is 0.474. The van der Waals surface area contributed by atoms with Gasteiger partial charge in [0.05, 0.1) is 11.4 Å². The third kappa shape index (κ3) is 2.99. The lowest BCUT2D eigenvalue weighted by molar-refractivity contribution is 0.311. The largest absolute Gasteiger partial charge is 0.237 e. The summed E-state index contributed by atoms with van der Waals surface area (Å²) in [5.74, 6) is 0.971. The minimum absolute atomic E-state index is 0.231. The molecule has 0 atom stereocenters. The molecule has 0 unspecified atom stereocenters. The second-order valence-corrected chi connectivity index (χ2v) is 6.40. The van der Waals surface area contributed by atoms with Crippen LogP contribution in [0.1, 0.15) is 57.5 Å². The maximum atomic E-state index is 4.86. The summed E-state index contributed by atoms with van der Waals surface area (Å²) < 4.78 is 0. The van der Waals surface area contributed by atoms with Crippen molar-refractivity contribution in [2.24, 2.45) is 0 Å². The third-order valence-electron chi connectivity index (χ3n) is 4.73. The Balaban J connectivity index is 2.05. The summed E-state index contributed by atoms with van der Waals surface area (Å²) in [4.78, 5) is 9.60. The van der Waals surface area contributed by atoms with Crippen LogP contribution in [-0.2, 0) is 11.8 Å². The smallest absolute Gasteiger partial charge is 0.129 e. The molecule has 3 rings (SSSR count). The van der Waals surface area contributed by atoms with E-state index < -0.39 is 0 Å². The molecule has 0 spiro atoms. The minimum atomic E-state index is 0.231. The van der Waals surface area contributed by atoms with Crippen LogP contribution in [0.5, 0.6) is 0 Å². The van der Waals surface area contributed by atoms with Crippen molar-refractivity contribution in [1.29, 1.82) is 0 Å². The fourth-order valence-corrected chi connectivity index (χ4v) is 3.31. The molecule has 2 nitrogen and oxygen atoms in total. The van der Waals surface area contributed by atoms with Crippen molar-refractivity contribution in [3.05, 3.63) is 47.9 Å². The van der Waals surface area contributed by atoms with Crippen LogP contribution in [0.4, 0.5) is 0 Å². The maximum absolute atomic E-state index is 4.86. The molecule has 1 aromatic heterocycles. The lowest BCUT2D eigenvalue weighted by Gasteiger charge is -2.33. The molecule has 0 saturated heterocycles. The normalized spacial score (nSPS) is 17.6. The predicted molar refractivity (Wildman–Crippen MR) is 87.3 cm³/mol. The highest BCUT2D eigenvalue weighted by atomic mass is 14.9. The molecule has 2 aromatic rings. The molecule has 1 aliphatic rings. The van der Waals surface area contributed by atoms with Crippen LogP contribution in [-0.4, -0.2) is 9.97 Å². The van der Waals surface area contributed by atoms with Gasteiger partial charge in [-0.25, -0.2) is 9.97 Å². The zero-order valence-electron chi connectivity index (χ0n) is 13.1. The monoisotopic (exact) mass is 280 g/mol. The summed E-state index contributed by atoms with van der Waals surface area (Å²) in [5.41, 5.74) is 3.74. The van der Waals surface area contributed by atoms with Gasteiger partial charge in [-0.15, -0.1) is 0 Å². The average molecular weight is 280 g/mol. The SMILES string of the molecule is CCc1nc(-c2ccccc2)cc(C2(C)CCCCC2)n1. The van der Waals surface area contributed by atoms with E-state index in [4.69, 9.17) is 9.97 Å². The zero-order valence-corrected chi connectivity index (χ0v) is 13.1. The molecular weight excluding hydrogens is 256 g/mol. The van der Waals surface area contributed by atoms with Crippen LogP contribution in [0, 0.1) is 0 Å². The van der Waals surface area contributed by atoms with Gasteiger partial charge in [0.2, 0.25) is 0 Å². The second kappa shape index (κ2) is 5.97. The van der Waals surface area contributed by atoms with Crippen LogP contribution in [0.2, 0.25) is 0 Å². The summed E-state index contributed by atoms with van der Waals surface area (Å²) in [6.45, 7) is 4.51. The van der Waals surface area contributed by atoms with Crippen molar-refractivity contribution in [2.75, 3.05) is 0 Å². The van der Waals surface area contributed by atoms with E-state index in [0.717, 1.165) is 17.9 Å². The van der Waals surface area contributed by atoms with Crippen LogP contribution in [0.3, 0.4) is 0 Å². The van der Waals surface area contributed by atoms with Gasteiger partial charge >= 0.3 is 0 Å². The number of benzene rings is 1. The van der Waals surface area contributed by atoms with Crippen molar-refractivity contribution in [3.8, 4) is 11.3 Å². The van der Waals surface area contributed by atoms with E-state index in [0.29, 0.717) is 0 Å². The van der Waals surface area contributed by atoms with Gasteiger partial charge in [0.25, 0.3) is 0 Å². The van der Waals surface area contributed by atoms with Gasteiger partial charge < -0.3 is 0 Å². The van der Waals surface area contributed by atoms with Crippen molar-refractivity contribution in [1.82, 2.24) is 9.97 Å². The summed E-state index contributed by atoms with van der Waals surface area (Å²) in [7, 11) is 0.